The van der Waals surface area contributed by atoms with Crippen LogP contribution >= 0.6 is 0 Å². The Morgan fingerprint density at radius 1 is 1.08 bits per heavy atom. The quantitative estimate of drug-likeness (QED) is 0.515. The Morgan fingerprint density at radius 3 is 2.59 bits per heavy atom. The zero-order chi connectivity index (χ0) is 27.8. The summed E-state index contributed by atoms with van der Waals surface area (Å²) in [6, 6.07) is 10.3. The number of nitrogens with one attached hydrogen (secondary N) is 2. The monoisotopic (exact) mass is 532 g/mol. The van der Waals surface area contributed by atoms with E-state index in [4.69, 9.17) is 4.98 Å². The topological polar surface area (TPSA) is 135 Å². The van der Waals surface area contributed by atoms with E-state index in [0.717, 1.165) is 12.0 Å². The van der Waals surface area contributed by atoms with Gasteiger partial charge in [0.1, 0.15) is 17.7 Å². The van der Waals surface area contributed by atoms with Crippen molar-refractivity contribution in [1.29, 1.82) is 0 Å². The number of hydrogen-bond acceptors (Lipinski definition) is 7. The van der Waals surface area contributed by atoms with Crippen molar-refractivity contribution < 1.29 is 14.4 Å². The second-order valence-corrected chi connectivity index (χ2v) is 9.95. The van der Waals surface area contributed by atoms with E-state index < -0.39 is 12.1 Å². The van der Waals surface area contributed by atoms with Crippen LogP contribution in [0.5, 0.6) is 0 Å². The molecule has 4 rings (SSSR count). The van der Waals surface area contributed by atoms with Crippen molar-refractivity contribution in [3.8, 4) is 0 Å². The van der Waals surface area contributed by atoms with Gasteiger partial charge in [-0.15, -0.1) is 0 Å². The maximum Gasteiger partial charge on any atom is 0.255 e. The average molecular weight is 533 g/mol. The van der Waals surface area contributed by atoms with Crippen molar-refractivity contribution in [2.45, 2.75) is 65.1 Å². The molecule has 1 aliphatic rings. The van der Waals surface area contributed by atoms with Crippen LogP contribution in [0.15, 0.2) is 48.8 Å². The van der Waals surface area contributed by atoms with Crippen LogP contribution in [0, 0.1) is 12.8 Å². The number of carbonyl (C=O) groups is 3. The molecule has 3 aromatic rings. The van der Waals surface area contributed by atoms with Gasteiger partial charge in [0.15, 0.2) is 0 Å². The molecular formula is C28H36N8O3. The maximum absolute atomic E-state index is 13.6. The summed E-state index contributed by atoms with van der Waals surface area (Å²) in [6.45, 7) is 6.85. The smallest absolute Gasteiger partial charge is 0.255 e. The highest BCUT2D eigenvalue weighted by Crippen LogP contribution is 2.20. The first-order valence-corrected chi connectivity index (χ1v) is 13.5. The number of aryl methyl sites for hydroxylation is 1. The summed E-state index contributed by atoms with van der Waals surface area (Å²) in [6.07, 6.45) is 4.78. The highest BCUT2D eigenvalue weighted by molar-refractivity contribution is 5.93. The average Bonchev–Trinajstić information content (AvgIpc) is 3.33. The van der Waals surface area contributed by atoms with E-state index in [-0.39, 0.29) is 30.1 Å². The predicted molar refractivity (Wildman–Crippen MR) is 144 cm³/mol. The largest absolute Gasteiger partial charge is 0.344 e. The van der Waals surface area contributed by atoms with Crippen LogP contribution in [0.1, 0.15) is 66.7 Å². The zero-order valence-electron chi connectivity index (χ0n) is 22.7. The number of carbonyl (C=O) groups excluding carboxylic acids is 3. The van der Waals surface area contributed by atoms with Crippen LogP contribution in [-0.2, 0) is 22.6 Å². The lowest BCUT2D eigenvalue weighted by Gasteiger charge is -2.28. The second kappa shape index (κ2) is 13.1. The van der Waals surface area contributed by atoms with Gasteiger partial charge in [0.05, 0.1) is 30.5 Å². The third-order valence-electron chi connectivity index (χ3n) is 7.06. The molecule has 39 heavy (non-hydrogen) atoms. The Kier molecular flexibility index (Phi) is 9.35. The first-order valence-electron chi connectivity index (χ1n) is 13.5. The fourth-order valence-electron chi connectivity index (χ4n) is 4.72. The van der Waals surface area contributed by atoms with Crippen molar-refractivity contribution in [3.05, 3.63) is 71.6 Å². The third-order valence-corrected chi connectivity index (χ3v) is 7.06. The zero-order valence-corrected chi connectivity index (χ0v) is 22.7. The number of hydrogen-bond donors (Lipinski definition) is 2. The number of aromatic nitrogens is 5. The van der Waals surface area contributed by atoms with E-state index in [1.54, 1.807) is 15.6 Å². The lowest BCUT2D eigenvalue weighted by molar-refractivity contribution is -0.130. The molecule has 0 unspecified atom stereocenters. The van der Waals surface area contributed by atoms with Gasteiger partial charge in [-0.2, -0.15) is 15.3 Å². The Bertz CT molecular complexity index is 1260. The summed E-state index contributed by atoms with van der Waals surface area (Å²) >= 11 is 0. The molecule has 3 atom stereocenters. The lowest BCUT2D eigenvalue weighted by Crippen LogP contribution is -2.51. The Morgan fingerprint density at radius 2 is 1.87 bits per heavy atom. The van der Waals surface area contributed by atoms with Gasteiger partial charge < -0.3 is 15.5 Å². The van der Waals surface area contributed by atoms with Crippen molar-refractivity contribution >= 4 is 17.7 Å². The van der Waals surface area contributed by atoms with Crippen molar-refractivity contribution in [2.24, 2.45) is 5.92 Å². The van der Waals surface area contributed by atoms with Gasteiger partial charge in [0, 0.05) is 19.5 Å². The van der Waals surface area contributed by atoms with Crippen LogP contribution in [0.3, 0.4) is 0 Å². The molecule has 0 aliphatic carbocycles. The summed E-state index contributed by atoms with van der Waals surface area (Å²) in [7, 11) is 0. The molecule has 3 heterocycles. The highest BCUT2D eigenvalue weighted by atomic mass is 16.2. The van der Waals surface area contributed by atoms with Gasteiger partial charge in [0.25, 0.3) is 5.91 Å². The number of fused-ring (bicyclic) bond motifs is 1. The minimum absolute atomic E-state index is 0.0731. The molecule has 11 heteroatoms. The summed E-state index contributed by atoms with van der Waals surface area (Å²) in [5.41, 5.74) is 1.46. The van der Waals surface area contributed by atoms with E-state index in [1.165, 1.54) is 12.4 Å². The van der Waals surface area contributed by atoms with Gasteiger partial charge in [0.2, 0.25) is 11.8 Å². The molecule has 0 saturated heterocycles. The molecule has 1 aliphatic heterocycles. The molecule has 2 aromatic heterocycles. The maximum atomic E-state index is 13.6. The molecule has 0 saturated carbocycles. The lowest BCUT2D eigenvalue weighted by atomic mass is 9.97. The van der Waals surface area contributed by atoms with Gasteiger partial charge >= 0.3 is 0 Å². The first kappa shape index (κ1) is 27.9. The SMILES string of the molecule is CC[C@H](C)[C@@H]1NC(=O)CCCN(C(=O)c2ccnnc2)CCn2nc(C)nc2[C@H](Cc2ccccc2)NC1=O. The minimum atomic E-state index is -0.693. The summed E-state index contributed by atoms with van der Waals surface area (Å²) < 4.78 is 1.77. The fourth-order valence-corrected chi connectivity index (χ4v) is 4.72. The number of benzene rings is 1. The Balaban J connectivity index is 1.70. The predicted octanol–water partition coefficient (Wildman–Crippen LogP) is 2.24. The summed E-state index contributed by atoms with van der Waals surface area (Å²) in [5, 5.41) is 18.3. The molecule has 1 aromatic carbocycles. The van der Waals surface area contributed by atoms with E-state index in [0.29, 0.717) is 49.7 Å². The molecule has 2 N–H and O–H groups in total. The van der Waals surface area contributed by atoms with Crippen molar-refractivity contribution in [1.82, 2.24) is 40.5 Å². The Labute approximate surface area is 228 Å². The molecule has 0 fully saturated rings. The van der Waals surface area contributed by atoms with Crippen LogP contribution in [0.4, 0.5) is 0 Å². The van der Waals surface area contributed by atoms with Crippen LogP contribution in [0.25, 0.3) is 0 Å². The molecule has 3 amide bonds. The molecule has 11 nitrogen and oxygen atoms in total. The second-order valence-electron chi connectivity index (χ2n) is 9.95. The standard InChI is InChI=1S/C28H36N8O3/c1-4-19(2)25-27(38)32-23(17-21-9-6-5-7-10-21)26-31-20(3)34-36(26)16-15-35(14-8-11-24(37)33-25)28(39)22-12-13-29-30-18-22/h5-7,9-10,12-13,18-19,23,25H,4,8,11,14-17H2,1-3H3,(H,32,38)(H,33,37)/t19-,23-,25-/m0/s1. The van der Waals surface area contributed by atoms with Gasteiger partial charge in [-0.1, -0.05) is 50.6 Å². The van der Waals surface area contributed by atoms with Crippen molar-refractivity contribution in [3.63, 3.8) is 0 Å². The third kappa shape index (κ3) is 7.24. The normalized spacial score (nSPS) is 19.8. The first-order chi connectivity index (χ1) is 18.9. The highest BCUT2D eigenvalue weighted by Gasteiger charge is 2.31. The number of rotatable bonds is 5. The van der Waals surface area contributed by atoms with Gasteiger partial charge in [-0.3, -0.25) is 14.4 Å². The van der Waals surface area contributed by atoms with Crippen molar-refractivity contribution in [2.75, 3.05) is 13.1 Å². The van der Waals surface area contributed by atoms with E-state index in [1.807, 2.05) is 51.1 Å². The molecule has 0 bridgehead atoms. The summed E-state index contributed by atoms with van der Waals surface area (Å²) in [5.74, 6) is 0.450. The van der Waals surface area contributed by atoms with E-state index in [9.17, 15) is 14.4 Å². The van der Waals surface area contributed by atoms with Crippen LogP contribution in [0.2, 0.25) is 0 Å². The van der Waals surface area contributed by atoms with Crippen LogP contribution < -0.4 is 10.6 Å². The molecular weight excluding hydrogens is 496 g/mol. The van der Waals surface area contributed by atoms with Gasteiger partial charge in [-0.05, 0) is 37.3 Å². The van der Waals surface area contributed by atoms with Gasteiger partial charge in [-0.25, -0.2) is 9.67 Å². The summed E-state index contributed by atoms with van der Waals surface area (Å²) in [4.78, 5) is 46.2. The van der Waals surface area contributed by atoms with E-state index >= 15 is 0 Å². The number of nitrogens with zero attached hydrogens (tertiary/aromatic N) is 6. The molecule has 0 radical (unpaired) electrons. The minimum Gasteiger partial charge on any atom is -0.344 e. The van der Waals surface area contributed by atoms with Crippen LogP contribution in [-0.4, -0.2) is 66.7 Å². The number of amides is 3. The molecule has 0 spiro atoms. The fraction of sp³-hybridized carbons (Fsp3) is 0.464. The Hall–Kier alpha value is -4.15. The molecule has 206 valence electrons. The van der Waals surface area contributed by atoms with E-state index in [2.05, 4.69) is 25.9 Å².